The molecule has 0 radical (unpaired) electrons. The molecule has 0 aliphatic heterocycles. The largest absolute Gasteiger partial charge is 0.480 e. The molecule has 3 amide bonds. The van der Waals surface area contributed by atoms with Crippen LogP contribution >= 0.6 is 0 Å². The molecule has 2 unspecified atom stereocenters. The highest BCUT2D eigenvalue weighted by molar-refractivity contribution is 5.88. The first-order valence-corrected chi connectivity index (χ1v) is 12.6. The van der Waals surface area contributed by atoms with Crippen molar-refractivity contribution >= 4 is 41.4 Å². The van der Waals surface area contributed by atoms with Crippen LogP contribution in [0.2, 0.25) is 0 Å². The molecule has 234 valence electrons. The van der Waals surface area contributed by atoms with Crippen molar-refractivity contribution in [1.82, 2.24) is 21.3 Å². The number of Topliss-reactive ketones (excluding diaryl/α,β-unsaturated/α-hetero) is 1. The fourth-order valence-electron chi connectivity index (χ4n) is 3.53. The molecular formula is C23H39N5O13. The third kappa shape index (κ3) is 16.9. The van der Waals surface area contributed by atoms with Gasteiger partial charge in [-0.3, -0.25) is 24.5 Å². The van der Waals surface area contributed by atoms with E-state index in [1.165, 1.54) is 0 Å². The summed E-state index contributed by atoms with van der Waals surface area (Å²) in [6, 6.07) is -5.48. The average Bonchev–Trinajstić information content (AvgIpc) is 2.87. The van der Waals surface area contributed by atoms with E-state index in [9.17, 15) is 48.9 Å². The van der Waals surface area contributed by atoms with Crippen LogP contribution in [0.5, 0.6) is 0 Å². The highest BCUT2D eigenvalue weighted by Gasteiger charge is 2.27. The topological polar surface area (TPSA) is 315 Å². The lowest BCUT2D eigenvalue weighted by atomic mass is 10.0. The van der Waals surface area contributed by atoms with Gasteiger partial charge in [0.2, 0.25) is 17.7 Å². The number of carboxylic acid groups (broad SMARTS) is 3. The van der Waals surface area contributed by atoms with E-state index in [0.29, 0.717) is 0 Å². The fourth-order valence-corrected chi connectivity index (χ4v) is 3.53. The maximum atomic E-state index is 12.4. The van der Waals surface area contributed by atoms with E-state index < -0.39 is 104 Å². The summed E-state index contributed by atoms with van der Waals surface area (Å²) >= 11 is 0. The molecule has 0 aromatic carbocycles. The van der Waals surface area contributed by atoms with Crippen molar-refractivity contribution in [2.75, 3.05) is 6.61 Å². The lowest BCUT2D eigenvalue weighted by Crippen LogP contribution is -2.47. The minimum absolute atomic E-state index is 0.114. The second-order valence-corrected chi connectivity index (χ2v) is 9.17. The molecule has 0 heterocycles. The third-order valence-electron chi connectivity index (χ3n) is 5.68. The van der Waals surface area contributed by atoms with Crippen molar-refractivity contribution in [1.29, 1.82) is 0 Å². The highest BCUT2D eigenvalue weighted by atomic mass is 16.4. The molecule has 6 atom stereocenters. The second-order valence-electron chi connectivity index (χ2n) is 9.17. The molecule has 12 N–H and O–H groups in total. The van der Waals surface area contributed by atoms with Crippen LogP contribution in [-0.4, -0.2) is 115 Å². The summed E-state index contributed by atoms with van der Waals surface area (Å²) in [5.74, 6) is -7.30. The summed E-state index contributed by atoms with van der Waals surface area (Å²) < 4.78 is 0. The van der Waals surface area contributed by atoms with E-state index in [1.54, 1.807) is 0 Å². The highest BCUT2D eigenvalue weighted by Crippen LogP contribution is 2.08. The van der Waals surface area contributed by atoms with Crippen LogP contribution in [0.25, 0.3) is 0 Å². The average molecular weight is 594 g/mol. The molecule has 0 bridgehead atoms. The van der Waals surface area contributed by atoms with Gasteiger partial charge in [0.15, 0.2) is 5.78 Å². The molecule has 0 aromatic heterocycles. The Morgan fingerprint density at radius 2 is 1.05 bits per heavy atom. The number of hydrogen-bond donors (Lipinski definition) is 11. The van der Waals surface area contributed by atoms with E-state index in [4.69, 9.17) is 21.1 Å². The number of carbonyl (C=O) groups excluding carboxylic acids is 4. The Balaban J connectivity index is 4.95. The Morgan fingerprint density at radius 1 is 0.634 bits per heavy atom. The maximum absolute atomic E-state index is 12.4. The van der Waals surface area contributed by atoms with Gasteiger partial charge in [0.05, 0.1) is 6.04 Å². The number of hydrogen-bond acceptors (Lipinski definition) is 12. The molecule has 18 heteroatoms. The standard InChI is InChI=1S/C23H39N5O13/c1-11(30)25-13(21(36)37)4-8-18(33)26-12(16(31)10-29)3-7-19(34)28-15(23(40)41)5-9-20(35)27-14(22(38)39)2-6-17(24)32/h12-15,17-18,26,29,32-33H,2-10,24H2,1H3,(H,25,30)(H,27,35)(H,28,34)(H,36,37)(H,38,39)(H,40,41)/t12-,13-,14-,15-,17?,18?/m0/s1. The molecule has 0 rings (SSSR count). The zero-order valence-electron chi connectivity index (χ0n) is 22.4. The van der Waals surface area contributed by atoms with Gasteiger partial charge in [-0.2, -0.15) is 0 Å². The minimum Gasteiger partial charge on any atom is -0.480 e. The Morgan fingerprint density at radius 3 is 1.46 bits per heavy atom. The zero-order valence-corrected chi connectivity index (χ0v) is 22.4. The van der Waals surface area contributed by atoms with E-state index in [-0.39, 0.29) is 32.1 Å². The Bertz CT molecular complexity index is 930. The summed E-state index contributed by atoms with van der Waals surface area (Å²) in [5.41, 5.74) is 5.15. The van der Waals surface area contributed by atoms with Gasteiger partial charge in [-0.15, -0.1) is 0 Å². The molecule has 41 heavy (non-hydrogen) atoms. The predicted octanol–water partition coefficient (Wildman–Crippen LogP) is -4.05. The van der Waals surface area contributed by atoms with E-state index >= 15 is 0 Å². The first-order valence-electron chi connectivity index (χ1n) is 12.6. The quantitative estimate of drug-likeness (QED) is 0.0532. The van der Waals surface area contributed by atoms with Crippen LogP contribution in [0.4, 0.5) is 0 Å². The van der Waals surface area contributed by atoms with Gasteiger partial charge in [-0.25, -0.2) is 14.4 Å². The molecule has 0 saturated carbocycles. The maximum Gasteiger partial charge on any atom is 0.326 e. The SMILES string of the molecule is CC(=O)N[C@@H](CCC(O)N[C@@H](CCC(=O)N[C@@H](CCC(=O)N[C@@H](CCC(N)O)C(=O)O)C(=O)O)C(=O)CO)C(=O)O. The molecule has 0 saturated heterocycles. The van der Waals surface area contributed by atoms with Crippen molar-refractivity contribution in [2.24, 2.45) is 5.73 Å². The van der Waals surface area contributed by atoms with Crippen molar-refractivity contribution in [3.63, 3.8) is 0 Å². The number of carbonyl (C=O) groups is 7. The first kappa shape index (κ1) is 37.3. The Kier molecular flexibility index (Phi) is 17.6. The monoisotopic (exact) mass is 593 g/mol. The van der Waals surface area contributed by atoms with Gasteiger partial charge in [0.1, 0.15) is 37.2 Å². The van der Waals surface area contributed by atoms with Gasteiger partial charge in [0.25, 0.3) is 0 Å². The van der Waals surface area contributed by atoms with Crippen molar-refractivity contribution in [3.8, 4) is 0 Å². The molecular weight excluding hydrogens is 554 g/mol. The van der Waals surface area contributed by atoms with Gasteiger partial charge in [-0.1, -0.05) is 0 Å². The number of rotatable bonds is 22. The number of nitrogens with one attached hydrogen (secondary N) is 4. The first-order chi connectivity index (χ1) is 19.1. The second kappa shape index (κ2) is 19.4. The number of amides is 3. The van der Waals surface area contributed by atoms with Gasteiger partial charge >= 0.3 is 17.9 Å². The van der Waals surface area contributed by atoms with Gasteiger partial charge < -0.3 is 52.3 Å². The molecule has 0 spiro atoms. The van der Waals surface area contributed by atoms with Crippen molar-refractivity contribution in [2.45, 2.75) is 94.9 Å². The summed E-state index contributed by atoms with van der Waals surface area (Å²) in [6.07, 6.45) is -5.09. The molecule has 0 aliphatic rings. The number of nitrogens with two attached hydrogens (primary N) is 1. The van der Waals surface area contributed by atoms with Crippen LogP contribution < -0.4 is 27.0 Å². The summed E-state index contributed by atoms with van der Waals surface area (Å²) in [4.78, 5) is 81.6. The minimum atomic E-state index is -1.55. The van der Waals surface area contributed by atoms with Gasteiger partial charge in [-0.05, 0) is 38.5 Å². The zero-order chi connectivity index (χ0) is 31.7. The van der Waals surface area contributed by atoms with Crippen LogP contribution in [0.1, 0.15) is 58.3 Å². The van der Waals surface area contributed by atoms with Crippen LogP contribution in [-0.2, 0) is 33.6 Å². The number of aliphatic hydroxyl groups is 3. The summed E-state index contributed by atoms with van der Waals surface area (Å²) in [7, 11) is 0. The van der Waals surface area contributed by atoms with E-state index in [1.807, 2.05) is 0 Å². The number of ketones is 1. The summed E-state index contributed by atoms with van der Waals surface area (Å²) in [6.45, 7) is 0.158. The fraction of sp³-hybridized carbons (Fsp3) is 0.696. The molecule has 18 nitrogen and oxygen atoms in total. The van der Waals surface area contributed by atoms with Crippen molar-refractivity contribution < 1.29 is 64.2 Å². The van der Waals surface area contributed by atoms with Crippen molar-refractivity contribution in [3.05, 3.63) is 0 Å². The van der Waals surface area contributed by atoms with E-state index in [0.717, 1.165) is 6.92 Å². The normalized spacial score (nSPS) is 15.3. The van der Waals surface area contributed by atoms with Gasteiger partial charge in [0, 0.05) is 19.8 Å². The third-order valence-corrected chi connectivity index (χ3v) is 5.68. The Hall–Kier alpha value is -3.71. The number of aliphatic carboxylic acids is 3. The lowest BCUT2D eigenvalue weighted by Gasteiger charge is -2.22. The molecule has 0 aromatic rings. The number of aliphatic hydroxyl groups excluding tert-OH is 3. The Labute approximate surface area is 234 Å². The predicted molar refractivity (Wildman–Crippen MR) is 137 cm³/mol. The van der Waals surface area contributed by atoms with Crippen LogP contribution in [0, 0.1) is 0 Å². The summed E-state index contributed by atoms with van der Waals surface area (Å²) in [5, 5.41) is 65.1. The van der Waals surface area contributed by atoms with E-state index in [2.05, 4.69) is 21.3 Å². The molecule has 0 fully saturated rings. The number of carboxylic acids is 3. The van der Waals surface area contributed by atoms with Crippen LogP contribution in [0.15, 0.2) is 0 Å². The van der Waals surface area contributed by atoms with Crippen LogP contribution in [0.3, 0.4) is 0 Å². The molecule has 0 aliphatic carbocycles. The lowest BCUT2D eigenvalue weighted by molar-refractivity contribution is -0.143. The smallest absolute Gasteiger partial charge is 0.326 e.